The summed E-state index contributed by atoms with van der Waals surface area (Å²) in [6.07, 6.45) is 4.77. The van der Waals surface area contributed by atoms with E-state index in [1.165, 1.54) is 10.5 Å². The van der Waals surface area contributed by atoms with Crippen LogP contribution in [-0.4, -0.2) is 40.4 Å². The molecule has 1 unspecified atom stereocenters. The lowest BCUT2D eigenvalue weighted by Crippen LogP contribution is -2.39. The molecule has 0 saturated carbocycles. The standard InChI is InChI=1S/C24H31N5S.HI/c1-3-25-24(28-18-20(2)30-22-12-8-5-9-13-22)27-15-14-23-26-16-17-29(23)19-21-10-6-4-7-11-21;/h4-13,16-17,20H,3,14-15,18-19H2,1-2H3,(H2,25,27,28);1H. The summed E-state index contributed by atoms with van der Waals surface area (Å²) >= 11 is 1.85. The summed E-state index contributed by atoms with van der Waals surface area (Å²) < 4.78 is 2.21. The van der Waals surface area contributed by atoms with E-state index in [0.717, 1.165) is 44.4 Å². The fourth-order valence-corrected chi connectivity index (χ4v) is 4.04. The van der Waals surface area contributed by atoms with E-state index in [9.17, 15) is 0 Å². The first kappa shape index (κ1) is 25.3. The average molecular weight is 550 g/mol. The number of nitrogens with one attached hydrogen (secondary N) is 2. The normalized spacial score (nSPS) is 12.1. The van der Waals surface area contributed by atoms with Crippen LogP contribution in [0, 0.1) is 0 Å². The SMILES string of the molecule is CCNC(=NCC(C)Sc1ccccc1)NCCc1nccn1Cc1ccccc1.I. The molecule has 31 heavy (non-hydrogen) atoms. The van der Waals surface area contributed by atoms with Gasteiger partial charge in [0.1, 0.15) is 5.82 Å². The largest absolute Gasteiger partial charge is 0.357 e. The van der Waals surface area contributed by atoms with Crippen molar-refractivity contribution in [3.8, 4) is 0 Å². The number of aliphatic imine (C=N–C) groups is 1. The molecule has 0 fully saturated rings. The van der Waals surface area contributed by atoms with Crippen LogP contribution in [-0.2, 0) is 13.0 Å². The Morgan fingerprint density at radius 1 is 1.06 bits per heavy atom. The van der Waals surface area contributed by atoms with Crippen LogP contribution < -0.4 is 10.6 Å². The predicted octanol–water partition coefficient (Wildman–Crippen LogP) is 4.83. The van der Waals surface area contributed by atoms with Crippen molar-refractivity contribution in [2.75, 3.05) is 19.6 Å². The van der Waals surface area contributed by atoms with Crippen molar-refractivity contribution >= 4 is 41.7 Å². The second-order valence-corrected chi connectivity index (χ2v) is 8.61. The highest BCUT2D eigenvalue weighted by Gasteiger charge is 2.07. The smallest absolute Gasteiger partial charge is 0.191 e. The quantitative estimate of drug-likeness (QED) is 0.165. The second kappa shape index (κ2) is 14.1. The Hall–Kier alpha value is -2.00. The van der Waals surface area contributed by atoms with Crippen LogP contribution in [0.15, 0.2) is 82.9 Å². The Morgan fingerprint density at radius 2 is 1.77 bits per heavy atom. The first-order valence-corrected chi connectivity index (χ1v) is 11.4. The molecule has 2 aromatic carbocycles. The van der Waals surface area contributed by atoms with Gasteiger partial charge in [0.25, 0.3) is 0 Å². The number of thioether (sulfide) groups is 1. The first-order valence-electron chi connectivity index (χ1n) is 10.5. The van der Waals surface area contributed by atoms with Gasteiger partial charge in [0.15, 0.2) is 5.96 Å². The summed E-state index contributed by atoms with van der Waals surface area (Å²) in [5, 5.41) is 7.19. The van der Waals surface area contributed by atoms with Crippen LogP contribution in [0.5, 0.6) is 0 Å². The van der Waals surface area contributed by atoms with Crippen molar-refractivity contribution in [2.24, 2.45) is 4.99 Å². The minimum atomic E-state index is 0. The van der Waals surface area contributed by atoms with Crippen LogP contribution in [0.25, 0.3) is 0 Å². The van der Waals surface area contributed by atoms with Crippen molar-refractivity contribution in [2.45, 2.75) is 37.0 Å². The third-order valence-electron chi connectivity index (χ3n) is 4.57. The van der Waals surface area contributed by atoms with E-state index in [0.29, 0.717) is 5.25 Å². The fraction of sp³-hybridized carbons (Fsp3) is 0.333. The highest BCUT2D eigenvalue weighted by Crippen LogP contribution is 2.22. The van der Waals surface area contributed by atoms with Gasteiger partial charge in [-0.05, 0) is 24.6 Å². The van der Waals surface area contributed by atoms with Crippen molar-refractivity contribution in [1.82, 2.24) is 20.2 Å². The third-order valence-corrected chi connectivity index (χ3v) is 5.67. The highest BCUT2D eigenvalue weighted by molar-refractivity contribution is 14.0. The van der Waals surface area contributed by atoms with Crippen LogP contribution in [0.3, 0.4) is 0 Å². The lowest BCUT2D eigenvalue weighted by molar-refractivity contribution is 0.694. The van der Waals surface area contributed by atoms with E-state index in [-0.39, 0.29) is 24.0 Å². The van der Waals surface area contributed by atoms with Crippen LogP contribution in [0.2, 0.25) is 0 Å². The van der Waals surface area contributed by atoms with Gasteiger partial charge in [0.2, 0.25) is 0 Å². The van der Waals surface area contributed by atoms with E-state index in [4.69, 9.17) is 4.99 Å². The third kappa shape index (κ3) is 8.95. The molecule has 2 N–H and O–H groups in total. The topological polar surface area (TPSA) is 54.2 Å². The number of aromatic nitrogens is 2. The number of imidazole rings is 1. The molecular formula is C24H32IN5S. The Balaban J connectivity index is 0.00000341. The molecular weight excluding hydrogens is 517 g/mol. The molecule has 0 aliphatic carbocycles. The zero-order chi connectivity index (χ0) is 21.0. The molecule has 1 heterocycles. The zero-order valence-electron chi connectivity index (χ0n) is 18.2. The summed E-state index contributed by atoms with van der Waals surface area (Å²) in [6.45, 7) is 7.54. The van der Waals surface area contributed by atoms with Gasteiger partial charge in [-0.25, -0.2) is 4.98 Å². The minimum absolute atomic E-state index is 0. The summed E-state index contributed by atoms with van der Waals surface area (Å²) in [5.74, 6) is 1.94. The summed E-state index contributed by atoms with van der Waals surface area (Å²) in [6, 6.07) is 21.0. The van der Waals surface area contributed by atoms with Crippen LogP contribution in [0.1, 0.15) is 25.2 Å². The number of nitrogens with zero attached hydrogens (tertiary/aromatic N) is 3. The molecule has 3 rings (SSSR count). The minimum Gasteiger partial charge on any atom is -0.357 e. The number of rotatable bonds is 10. The van der Waals surface area contributed by atoms with Gasteiger partial charge in [-0.2, -0.15) is 0 Å². The molecule has 3 aromatic rings. The summed E-state index contributed by atoms with van der Waals surface area (Å²) in [4.78, 5) is 10.6. The molecule has 0 saturated heterocycles. The van der Waals surface area contributed by atoms with E-state index < -0.39 is 0 Å². The Bertz CT molecular complexity index is 899. The maximum atomic E-state index is 4.76. The number of benzene rings is 2. The number of hydrogen-bond donors (Lipinski definition) is 2. The maximum Gasteiger partial charge on any atom is 0.191 e. The lowest BCUT2D eigenvalue weighted by atomic mass is 10.2. The number of hydrogen-bond acceptors (Lipinski definition) is 3. The molecule has 0 radical (unpaired) electrons. The maximum absolute atomic E-state index is 4.76. The van der Waals surface area contributed by atoms with Gasteiger partial charge in [0.05, 0.1) is 6.54 Å². The van der Waals surface area contributed by atoms with Crippen molar-refractivity contribution in [3.05, 3.63) is 84.4 Å². The Kier molecular flexibility index (Phi) is 11.5. The fourth-order valence-electron chi connectivity index (χ4n) is 3.12. The van der Waals surface area contributed by atoms with Crippen molar-refractivity contribution in [3.63, 3.8) is 0 Å². The highest BCUT2D eigenvalue weighted by atomic mass is 127. The second-order valence-electron chi connectivity index (χ2n) is 7.09. The average Bonchev–Trinajstić information content (AvgIpc) is 3.20. The van der Waals surface area contributed by atoms with Gasteiger partial charge in [-0.3, -0.25) is 4.99 Å². The summed E-state index contributed by atoms with van der Waals surface area (Å²) in [5.41, 5.74) is 1.28. The van der Waals surface area contributed by atoms with Crippen molar-refractivity contribution < 1.29 is 0 Å². The molecule has 0 amide bonds. The van der Waals surface area contributed by atoms with E-state index in [2.05, 4.69) is 82.6 Å². The molecule has 0 spiro atoms. The molecule has 0 bridgehead atoms. The molecule has 1 aromatic heterocycles. The van der Waals surface area contributed by atoms with Crippen molar-refractivity contribution in [1.29, 1.82) is 0 Å². The monoisotopic (exact) mass is 549 g/mol. The van der Waals surface area contributed by atoms with Gasteiger partial charge in [-0.15, -0.1) is 35.7 Å². The first-order chi connectivity index (χ1) is 14.7. The zero-order valence-corrected chi connectivity index (χ0v) is 21.3. The Labute approximate surface area is 207 Å². The molecule has 7 heteroatoms. The van der Waals surface area contributed by atoms with Gasteiger partial charge in [0, 0.05) is 48.6 Å². The molecule has 0 aliphatic heterocycles. The molecule has 1 atom stereocenters. The Morgan fingerprint density at radius 3 is 2.48 bits per heavy atom. The molecule has 166 valence electrons. The van der Waals surface area contributed by atoms with Crippen LogP contribution in [0.4, 0.5) is 0 Å². The van der Waals surface area contributed by atoms with Gasteiger partial charge >= 0.3 is 0 Å². The summed E-state index contributed by atoms with van der Waals surface area (Å²) in [7, 11) is 0. The van der Waals surface area contributed by atoms with Gasteiger partial charge in [-0.1, -0.05) is 55.5 Å². The molecule has 0 aliphatic rings. The number of halogens is 1. The number of guanidine groups is 1. The lowest BCUT2D eigenvalue weighted by Gasteiger charge is -2.14. The van der Waals surface area contributed by atoms with E-state index >= 15 is 0 Å². The predicted molar refractivity (Wildman–Crippen MR) is 143 cm³/mol. The van der Waals surface area contributed by atoms with E-state index in [1.54, 1.807) is 0 Å². The van der Waals surface area contributed by atoms with Crippen LogP contribution >= 0.6 is 35.7 Å². The van der Waals surface area contributed by atoms with Gasteiger partial charge < -0.3 is 15.2 Å². The molecule has 5 nitrogen and oxygen atoms in total. The van der Waals surface area contributed by atoms with E-state index in [1.807, 2.05) is 36.3 Å².